The van der Waals surface area contributed by atoms with E-state index in [9.17, 15) is 0 Å². The van der Waals surface area contributed by atoms with E-state index in [0.717, 1.165) is 5.65 Å². The minimum absolute atomic E-state index is 0.105. The Morgan fingerprint density at radius 3 is 2.23 bits per heavy atom. The Morgan fingerprint density at radius 2 is 1.50 bits per heavy atom. The fourth-order valence-electron chi connectivity index (χ4n) is 5.49. The van der Waals surface area contributed by atoms with Crippen LogP contribution in [0.25, 0.3) is 38.6 Å². The Bertz CT molecular complexity index is 1490. The number of fused-ring (bicyclic) bond motifs is 3. The number of pyridine rings is 1. The molecule has 0 fully saturated rings. The summed E-state index contributed by atoms with van der Waals surface area (Å²) in [5.41, 5.74) is 7.68. The Morgan fingerprint density at radius 1 is 0.833 bits per heavy atom. The molecule has 0 N–H and O–H groups in total. The van der Waals surface area contributed by atoms with E-state index in [1.54, 1.807) is 0 Å². The Kier molecular flexibility index (Phi) is 3.35. The minimum Gasteiger partial charge on any atom is -0.299 e. The lowest BCUT2D eigenvalue weighted by atomic mass is 9.93. The molecule has 0 amide bonds. The maximum absolute atomic E-state index is 5.35. The smallest absolute Gasteiger partial charge is 0.145 e. The van der Waals surface area contributed by atoms with Crippen LogP contribution in [0, 0.1) is 6.92 Å². The van der Waals surface area contributed by atoms with Gasteiger partial charge in [0.05, 0.1) is 11.2 Å². The van der Waals surface area contributed by atoms with E-state index in [1.807, 2.05) is 0 Å². The van der Waals surface area contributed by atoms with Gasteiger partial charge in [-0.15, -0.1) is 0 Å². The molecule has 3 heterocycles. The van der Waals surface area contributed by atoms with Crippen LogP contribution in [0.15, 0.2) is 66.7 Å². The van der Waals surface area contributed by atoms with Gasteiger partial charge in [0.2, 0.25) is 0 Å². The molecule has 0 bridgehead atoms. The molecule has 3 heteroatoms. The van der Waals surface area contributed by atoms with Gasteiger partial charge < -0.3 is 0 Å². The SMILES string of the molecule is Cc1ccc2c3c1c1ccccc1c1nc(-c4ccccc4)c(n13)[Si](C)(C)C2(C)C. The van der Waals surface area contributed by atoms with Gasteiger partial charge in [-0.2, -0.15) is 0 Å². The zero-order valence-corrected chi connectivity index (χ0v) is 19.2. The van der Waals surface area contributed by atoms with Crippen LogP contribution in [0.3, 0.4) is 0 Å². The standard InChI is InChI=1S/C27H26N2Si/c1-17-15-16-21-24-22(17)19-13-9-10-14-20(19)25-28-23(18-11-7-6-8-12-18)26(29(24)25)30(4,5)27(21,2)3/h6-16H,1-5H3. The van der Waals surface area contributed by atoms with Gasteiger partial charge in [0, 0.05) is 21.7 Å². The highest BCUT2D eigenvalue weighted by atomic mass is 28.3. The van der Waals surface area contributed by atoms with Gasteiger partial charge in [-0.25, -0.2) is 4.98 Å². The molecule has 0 unspecified atom stereocenters. The van der Waals surface area contributed by atoms with Crippen molar-refractivity contribution >= 4 is 40.7 Å². The van der Waals surface area contributed by atoms with Gasteiger partial charge in [0.25, 0.3) is 0 Å². The molecule has 2 nitrogen and oxygen atoms in total. The van der Waals surface area contributed by atoms with E-state index in [-0.39, 0.29) is 5.04 Å². The Hall–Kier alpha value is -2.91. The highest BCUT2D eigenvalue weighted by Gasteiger charge is 2.49. The summed E-state index contributed by atoms with van der Waals surface area (Å²) in [6.45, 7) is 12.2. The molecular weight excluding hydrogens is 380 g/mol. The second-order valence-electron chi connectivity index (χ2n) is 9.78. The zero-order chi connectivity index (χ0) is 20.8. The van der Waals surface area contributed by atoms with E-state index >= 15 is 0 Å². The first-order valence-electron chi connectivity index (χ1n) is 10.8. The number of nitrogens with zero attached hydrogens (tertiary/aromatic N) is 2. The molecule has 1 aliphatic rings. The molecule has 5 aromatic rings. The van der Waals surface area contributed by atoms with Crippen LogP contribution < -0.4 is 5.32 Å². The van der Waals surface area contributed by atoms with Crippen molar-refractivity contribution in [3.05, 3.63) is 77.9 Å². The zero-order valence-electron chi connectivity index (χ0n) is 18.2. The maximum Gasteiger partial charge on any atom is 0.145 e. The topological polar surface area (TPSA) is 17.3 Å². The molecule has 0 spiro atoms. The van der Waals surface area contributed by atoms with E-state index in [4.69, 9.17) is 4.98 Å². The van der Waals surface area contributed by atoms with E-state index in [1.165, 1.54) is 49.4 Å². The summed E-state index contributed by atoms with van der Waals surface area (Å²) in [7, 11) is -1.92. The molecule has 0 saturated heterocycles. The van der Waals surface area contributed by atoms with Crippen LogP contribution in [0.5, 0.6) is 0 Å². The largest absolute Gasteiger partial charge is 0.299 e. The number of benzene rings is 3. The molecule has 6 rings (SSSR count). The van der Waals surface area contributed by atoms with Gasteiger partial charge in [-0.3, -0.25) is 4.40 Å². The van der Waals surface area contributed by atoms with Crippen LogP contribution >= 0.6 is 0 Å². The number of aromatic nitrogens is 2. The maximum atomic E-state index is 5.35. The van der Waals surface area contributed by atoms with Crippen LogP contribution in [0.4, 0.5) is 0 Å². The third kappa shape index (κ3) is 1.96. The van der Waals surface area contributed by atoms with Crippen molar-refractivity contribution in [2.24, 2.45) is 0 Å². The van der Waals surface area contributed by atoms with Crippen LogP contribution in [0.1, 0.15) is 25.0 Å². The first-order chi connectivity index (χ1) is 14.3. The molecule has 0 saturated carbocycles. The van der Waals surface area contributed by atoms with Crippen LogP contribution in [0.2, 0.25) is 13.1 Å². The summed E-state index contributed by atoms with van der Waals surface area (Å²) in [6.07, 6.45) is 0. The summed E-state index contributed by atoms with van der Waals surface area (Å²) in [5, 5.41) is 5.51. The lowest BCUT2D eigenvalue weighted by Gasteiger charge is -2.45. The molecule has 1 aliphatic heterocycles. The normalized spacial score (nSPS) is 16.7. The number of hydrogen-bond acceptors (Lipinski definition) is 1. The molecular formula is C27H26N2Si. The van der Waals surface area contributed by atoms with E-state index in [0.29, 0.717) is 0 Å². The molecule has 2 aromatic heterocycles. The quantitative estimate of drug-likeness (QED) is 0.234. The van der Waals surface area contributed by atoms with Crippen molar-refractivity contribution in [1.82, 2.24) is 9.38 Å². The molecule has 0 atom stereocenters. The fourth-order valence-corrected chi connectivity index (χ4v) is 8.53. The number of imidazole rings is 1. The van der Waals surface area contributed by atoms with Crippen molar-refractivity contribution in [3.8, 4) is 11.3 Å². The average Bonchev–Trinajstić information content (AvgIpc) is 3.15. The highest BCUT2D eigenvalue weighted by molar-refractivity contribution is 6.93. The number of aryl methyl sites for hydroxylation is 1. The molecule has 0 radical (unpaired) electrons. The fraction of sp³-hybridized carbons (Fsp3) is 0.222. The molecule has 30 heavy (non-hydrogen) atoms. The highest BCUT2D eigenvalue weighted by Crippen LogP contribution is 2.45. The van der Waals surface area contributed by atoms with Gasteiger partial charge in [0.15, 0.2) is 0 Å². The number of hydrogen-bond donors (Lipinski definition) is 0. The number of rotatable bonds is 1. The first-order valence-corrected chi connectivity index (χ1v) is 13.8. The van der Waals surface area contributed by atoms with Crippen molar-refractivity contribution < 1.29 is 0 Å². The lowest BCUT2D eigenvalue weighted by Crippen LogP contribution is -2.61. The van der Waals surface area contributed by atoms with E-state index < -0.39 is 8.07 Å². The predicted molar refractivity (Wildman–Crippen MR) is 131 cm³/mol. The van der Waals surface area contributed by atoms with Crippen LogP contribution in [-0.2, 0) is 5.04 Å². The Labute approximate surface area is 178 Å². The van der Waals surface area contributed by atoms with Crippen molar-refractivity contribution in [3.63, 3.8) is 0 Å². The first kappa shape index (κ1) is 17.9. The lowest BCUT2D eigenvalue weighted by molar-refractivity contribution is 0.721. The second-order valence-corrected chi connectivity index (χ2v) is 14.8. The van der Waals surface area contributed by atoms with Gasteiger partial charge >= 0.3 is 0 Å². The average molecular weight is 407 g/mol. The monoisotopic (exact) mass is 406 g/mol. The summed E-state index contributed by atoms with van der Waals surface area (Å²) in [6, 6.07) is 24.3. The van der Waals surface area contributed by atoms with Crippen molar-refractivity contribution in [1.29, 1.82) is 0 Å². The van der Waals surface area contributed by atoms with Gasteiger partial charge in [-0.05, 0) is 28.5 Å². The second kappa shape index (κ2) is 5.61. The molecule has 0 aliphatic carbocycles. The van der Waals surface area contributed by atoms with Crippen molar-refractivity contribution in [2.45, 2.75) is 38.9 Å². The third-order valence-corrected chi connectivity index (χ3v) is 12.8. The van der Waals surface area contributed by atoms with Crippen LogP contribution in [-0.4, -0.2) is 17.5 Å². The Balaban J connectivity index is 1.99. The van der Waals surface area contributed by atoms with Gasteiger partial charge in [-0.1, -0.05) is 93.7 Å². The summed E-state index contributed by atoms with van der Waals surface area (Å²) in [5.74, 6) is 0. The summed E-state index contributed by atoms with van der Waals surface area (Å²) < 4.78 is 2.54. The molecule has 3 aromatic carbocycles. The van der Waals surface area contributed by atoms with Gasteiger partial charge in [0.1, 0.15) is 13.7 Å². The van der Waals surface area contributed by atoms with Crippen molar-refractivity contribution in [2.75, 3.05) is 0 Å². The molecule has 148 valence electrons. The predicted octanol–water partition coefficient (Wildman–Crippen LogP) is 6.36. The van der Waals surface area contributed by atoms with E-state index in [2.05, 4.69) is 105 Å². The summed E-state index contributed by atoms with van der Waals surface area (Å²) in [4.78, 5) is 5.35. The third-order valence-electron chi connectivity index (χ3n) is 7.80. The minimum atomic E-state index is -1.92. The summed E-state index contributed by atoms with van der Waals surface area (Å²) >= 11 is 0.